The third-order valence-corrected chi connectivity index (χ3v) is 7.57. The molecule has 0 saturated carbocycles. The highest BCUT2D eigenvalue weighted by molar-refractivity contribution is 6.11. The van der Waals surface area contributed by atoms with Crippen LogP contribution in [0.2, 0.25) is 0 Å². The predicted molar refractivity (Wildman–Crippen MR) is 166 cm³/mol. The van der Waals surface area contributed by atoms with Gasteiger partial charge in [0.1, 0.15) is 12.3 Å². The number of anilines is 3. The zero-order valence-electron chi connectivity index (χ0n) is 24.6. The van der Waals surface area contributed by atoms with Crippen LogP contribution in [-0.4, -0.2) is 45.1 Å². The van der Waals surface area contributed by atoms with Gasteiger partial charge in [-0.25, -0.2) is 4.85 Å². The average molecular weight is 586 g/mol. The van der Waals surface area contributed by atoms with E-state index in [2.05, 4.69) is 33.9 Å². The van der Waals surface area contributed by atoms with Gasteiger partial charge in [-0.1, -0.05) is 57.9 Å². The topological polar surface area (TPSA) is 135 Å². The monoisotopic (exact) mass is 585 g/mol. The first kappa shape index (κ1) is 31.2. The summed E-state index contributed by atoms with van der Waals surface area (Å²) in [7, 11) is 0. The number of benzene rings is 2. The molecule has 0 radical (unpaired) electrons. The maximum atomic E-state index is 11.7. The number of fused-ring (bicyclic) bond motifs is 1. The normalized spacial score (nSPS) is 13.5. The van der Waals surface area contributed by atoms with E-state index in [1.165, 1.54) is 44.9 Å². The SMILES string of the molecule is [C-]#[N+]/C(C(=O)O)=c1\c(=C\c2ccc3c(c2)CCN3c2ccc(OCCCCCCCCCC)cc2)c(N)nn1CC(=O)O. The van der Waals surface area contributed by atoms with Gasteiger partial charge in [-0.2, -0.15) is 5.10 Å². The van der Waals surface area contributed by atoms with E-state index in [1.54, 1.807) is 6.08 Å². The molecule has 1 aliphatic heterocycles. The number of hydrogen-bond donors (Lipinski definition) is 3. The lowest BCUT2D eigenvalue weighted by molar-refractivity contribution is -0.138. The number of unbranched alkanes of at least 4 members (excludes halogenated alkanes) is 7. The van der Waals surface area contributed by atoms with Crippen LogP contribution < -0.4 is 25.9 Å². The van der Waals surface area contributed by atoms with Gasteiger partial charge < -0.3 is 25.6 Å². The molecule has 2 heterocycles. The summed E-state index contributed by atoms with van der Waals surface area (Å²) in [6, 6.07) is 14.0. The van der Waals surface area contributed by atoms with E-state index in [0.29, 0.717) is 0 Å². The molecular formula is C33H39N5O5. The Morgan fingerprint density at radius 3 is 2.40 bits per heavy atom. The molecule has 2 aromatic carbocycles. The Morgan fingerprint density at radius 1 is 1.05 bits per heavy atom. The maximum absolute atomic E-state index is 11.7. The second-order valence-electron chi connectivity index (χ2n) is 10.7. The largest absolute Gasteiger partial charge is 0.494 e. The van der Waals surface area contributed by atoms with Gasteiger partial charge in [-0.05, 0) is 66.4 Å². The Hall–Kier alpha value is -4.78. The zero-order chi connectivity index (χ0) is 30.8. The summed E-state index contributed by atoms with van der Waals surface area (Å²) in [5.74, 6) is -1.90. The van der Waals surface area contributed by atoms with E-state index in [0.717, 1.165) is 58.9 Å². The highest BCUT2D eigenvalue weighted by Gasteiger charge is 2.21. The minimum Gasteiger partial charge on any atom is -0.494 e. The summed E-state index contributed by atoms with van der Waals surface area (Å²) >= 11 is 0. The van der Waals surface area contributed by atoms with E-state index < -0.39 is 24.2 Å². The van der Waals surface area contributed by atoms with E-state index in [1.807, 2.05) is 30.3 Å². The van der Waals surface area contributed by atoms with Gasteiger partial charge in [0, 0.05) is 23.1 Å². The van der Waals surface area contributed by atoms with Gasteiger partial charge in [-0.3, -0.25) is 14.3 Å². The van der Waals surface area contributed by atoms with Crippen LogP contribution in [0.15, 0.2) is 42.5 Å². The quantitative estimate of drug-likeness (QED) is 0.173. The molecule has 3 aromatic rings. The fourth-order valence-corrected chi connectivity index (χ4v) is 5.43. The standard InChI is InChI=1S/C33H39N5O5/c1-3-4-5-6-7-8-9-10-19-43-26-14-12-25(13-15-26)37-18-17-24-20-23(11-16-28(24)37)21-27-31(30(35-2)33(41)42)38(22-29(39)40)36-32(27)34/h11-16,20-21H,3-10,17-19,22H2,1H3,(H2,34,36)(H,39,40)(H,41,42)/b27-21-,31-30+. The Labute approximate surface area is 251 Å². The number of hydrogen-bond acceptors (Lipinski definition) is 6. The van der Waals surface area contributed by atoms with Gasteiger partial charge in [0.15, 0.2) is 5.82 Å². The second-order valence-corrected chi connectivity index (χ2v) is 10.7. The van der Waals surface area contributed by atoms with Crippen molar-refractivity contribution >= 4 is 40.9 Å². The van der Waals surface area contributed by atoms with Gasteiger partial charge >= 0.3 is 11.9 Å². The number of ether oxygens (including phenoxy) is 1. The number of nitrogens with zero attached hydrogens (tertiary/aromatic N) is 4. The predicted octanol–water partition coefficient (Wildman–Crippen LogP) is 4.70. The first-order valence-electron chi connectivity index (χ1n) is 14.9. The lowest BCUT2D eigenvalue weighted by atomic mass is 10.1. The molecule has 4 N–H and O–H groups in total. The van der Waals surface area contributed by atoms with Crippen molar-refractivity contribution < 1.29 is 24.5 Å². The van der Waals surface area contributed by atoms with Gasteiger partial charge in [0.05, 0.1) is 18.5 Å². The number of carboxylic acid groups (broad SMARTS) is 2. The van der Waals surface area contributed by atoms with Crippen molar-refractivity contribution in [2.24, 2.45) is 0 Å². The van der Waals surface area contributed by atoms with Crippen molar-refractivity contribution in [2.45, 2.75) is 71.3 Å². The summed E-state index contributed by atoms with van der Waals surface area (Å²) in [5.41, 5.74) is 9.40. The van der Waals surface area contributed by atoms with E-state index in [4.69, 9.17) is 17.0 Å². The van der Waals surface area contributed by atoms with Crippen LogP contribution in [0.4, 0.5) is 17.2 Å². The number of aromatic nitrogens is 2. The molecule has 0 aliphatic carbocycles. The molecule has 10 heteroatoms. The number of carbonyl (C=O) groups is 2. The number of aliphatic carboxylic acids is 2. The summed E-state index contributed by atoms with van der Waals surface area (Å²) in [4.78, 5) is 28.4. The van der Waals surface area contributed by atoms with Crippen LogP contribution in [0, 0.1) is 6.57 Å². The molecule has 1 aromatic heterocycles. The first-order chi connectivity index (χ1) is 20.8. The Bertz CT molecular complexity index is 1600. The molecule has 0 saturated heterocycles. The molecule has 1 aliphatic rings. The van der Waals surface area contributed by atoms with Crippen LogP contribution in [0.5, 0.6) is 5.75 Å². The highest BCUT2D eigenvalue weighted by atomic mass is 16.5. The molecule has 4 rings (SSSR count). The minimum absolute atomic E-state index is 0.0505. The summed E-state index contributed by atoms with van der Waals surface area (Å²) < 4.78 is 6.91. The number of nitrogen functional groups attached to an aromatic ring is 1. The Balaban J connectivity index is 1.46. The fraction of sp³-hybridized carbons (Fsp3) is 0.394. The van der Waals surface area contributed by atoms with Crippen LogP contribution >= 0.6 is 0 Å². The van der Waals surface area contributed by atoms with Gasteiger partial charge in [0.2, 0.25) is 0 Å². The molecule has 43 heavy (non-hydrogen) atoms. The van der Waals surface area contributed by atoms with Crippen LogP contribution in [0.25, 0.3) is 16.6 Å². The Morgan fingerprint density at radius 2 is 1.74 bits per heavy atom. The molecular weight excluding hydrogens is 546 g/mol. The van der Waals surface area contributed by atoms with E-state index >= 15 is 0 Å². The highest BCUT2D eigenvalue weighted by Crippen LogP contribution is 2.35. The molecule has 0 fully saturated rings. The third-order valence-electron chi connectivity index (χ3n) is 7.57. The number of nitrogens with two attached hydrogens (primary N) is 1. The van der Waals surface area contributed by atoms with Crippen molar-refractivity contribution in [1.29, 1.82) is 0 Å². The molecule has 0 spiro atoms. The van der Waals surface area contributed by atoms with Crippen molar-refractivity contribution in [1.82, 2.24) is 9.78 Å². The smallest absolute Gasteiger partial charge is 0.336 e. The van der Waals surface area contributed by atoms with Gasteiger partial charge in [0.25, 0.3) is 5.70 Å². The summed E-state index contributed by atoms with van der Waals surface area (Å²) in [6.07, 6.45) is 12.6. The van der Waals surface area contributed by atoms with E-state index in [-0.39, 0.29) is 16.4 Å². The minimum atomic E-state index is -1.48. The van der Waals surface area contributed by atoms with Gasteiger partial charge in [-0.15, -0.1) is 0 Å². The zero-order valence-corrected chi connectivity index (χ0v) is 24.6. The van der Waals surface area contributed by atoms with Crippen molar-refractivity contribution in [3.05, 3.63) is 75.6 Å². The lowest BCUT2D eigenvalue weighted by Gasteiger charge is -2.20. The molecule has 10 nitrogen and oxygen atoms in total. The second kappa shape index (κ2) is 14.9. The molecule has 226 valence electrons. The van der Waals surface area contributed by atoms with Crippen LogP contribution in [0.3, 0.4) is 0 Å². The number of carboxylic acids is 2. The van der Waals surface area contributed by atoms with Crippen LogP contribution in [0.1, 0.15) is 69.4 Å². The average Bonchev–Trinajstić information content (AvgIpc) is 3.53. The summed E-state index contributed by atoms with van der Waals surface area (Å²) in [5, 5.41) is 22.9. The molecule has 0 unspecified atom stereocenters. The lowest BCUT2D eigenvalue weighted by Crippen LogP contribution is -2.35. The maximum Gasteiger partial charge on any atom is 0.336 e. The van der Waals surface area contributed by atoms with Crippen molar-refractivity contribution in [3.63, 3.8) is 0 Å². The van der Waals surface area contributed by atoms with Crippen molar-refractivity contribution in [2.75, 3.05) is 23.8 Å². The molecule has 0 amide bonds. The molecule has 0 bridgehead atoms. The summed E-state index contributed by atoms with van der Waals surface area (Å²) in [6.45, 7) is 10.5. The number of rotatable bonds is 15. The van der Waals surface area contributed by atoms with Crippen LogP contribution in [-0.2, 0) is 22.6 Å². The first-order valence-corrected chi connectivity index (χ1v) is 14.9. The van der Waals surface area contributed by atoms with Crippen molar-refractivity contribution in [3.8, 4) is 5.75 Å². The Kier molecular flexibility index (Phi) is 10.8. The molecule has 0 atom stereocenters. The third kappa shape index (κ3) is 7.95. The van der Waals surface area contributed by atoms with E-state index in [9.17, 15) is 19.8 Å². The fourth-order valence-electron chi connectivity index (χ4n) is 5.43.